The van der Waals surface area contributed by atoms with Crippen LogP contribution in [0.25, 0.3) is 127 Å². The maximum Gasteiger partial charge on any atom is 0.252 e. The van der Waals surface area contributed by atoms with Gasteiger partial charge in [-0.05, 0) is 181 Å². The molecule has 17 aromatic rings. The Labute approximate surface area is 599 Å². The van der Waals surface area contributed by atoms with E-state index in [9.17, 15) is 0 Å². The first kappa shape index (κ1) is 61.4. The molecular formula is C98H78BN3. The zero-order valence-corrected chi connectivity index (χ0v) is 59.4. The fourth-order valence-electron chi connectivity index (χ4n) is 17.2. The molecule has 2 aliphatic heterocycles. The summed E-state index contributed by atoms with van der Waals surface area (Å²) in [7, 11) is 0. The molecule has 102 heavy (non-hydrogen) atoms. The minimum Gasteiger partial charge on any atom is -0.310 e. The summed E-state index contributed by atoms with van der Waals surface area (Å²) in [4.78, 5) is 5.47. The number of fused-ring (bicyclic) bond motifs is 5. The lowest BCUT2D eigenvalue weighted by molar-refractivity contribution is 0.590. The van der Waals surface area contributed by atoms with Crippen molar-refractivity contribution in [2.45, 2.75) is 78.6 Å². The Kier molecular flexibility index (Phi) is 13.8. The van der Waals surface area contributed by atoms with E-state index in [1.54, 1.807) is 0 Å². The molecular weight excluding hydrogens is 1230 g/mol. The lowest BCUT2D eigenvalue weighted by atomic mass is 9.33. The van der Waals surface area contributed by atoms with E-state index >= 15 is 0 Å². The fourth-order valence-corrected chi connectivity index (χ4v) is 17.2. The standard InChI is InChI=1S/C98H78BN3/c1-96(2,3)71-39-22-37-68(53-71)79-55-70(62-29-16-11-17-30-62)56-80(69-38-23-40-72(54-69)97(4,5)6)95(79)101-85-57-67(61-27-14-10-15-28-61)45-49-81(85)99-82-50-48-74(100-83-51-46-65-35-24-43-77-78-44-25-36-66-47-52-84(100)92(90(66)78)91(83)89(65)77)60-86(82)102(88-59-73(98(7,8)9)58-87(101)93(88)99)94-75(63-31-18-12-19-32-63)41-26-42-76(94)64-33-20-13-21-34-64/h10-60H,1-9H3. The molecule has 0 spiro atoms. The Morgan fingerprint density at radius 3 is 1.15 bits per heavy atom. The Morgan fingerprint density at radius 1 is 0.255 bits per heavy atom. The van der Waals surface area contributed by atoms with Crippen molar-refractivity contribution in [1.82, 2.24) is 4.57 Å². The van der Waals surface area contributed by atoms with Crippen LogP contribution in [0.2, 0.25) is 0 Å². The van der Waals surface area contributed by atoms with Gasteiger partial charge in [0.2, 0.25) is 0 Å². The van der Waals surface area contributed by atoms with Gasteiger partial charge in [0, 0.05) is 61.5 Å². The molecule has 0 unspecified atom stereocenters. The van der Waals surface area contributed by atoms with Crippen LogP contribution in [-0.4, -0.2) is 11.3 Å². The Bertz CT molecular complexity index is 5940. The molecule has 19 rings (SSSR count). The lowest BCUT2D eigenvalue weighted by Gasteiger charge is -2.46. The summed E-state index contributed by atoms with van der Waals surface area (Å²) in [5.41, 5.74) is 31.4. The second kappa shape index (κ2) is 22.9. The van der Waals surface area contributed by atoms with Gasteiger partial charge in [0.05, 0.1) is 22.4 Å². The zero-order chi connectivity index (χ0) is 69.1. The maximum absolute atomic E-state index is 2.74. The smallest absolute Gasteiger partial charge is 0.252 e. The average Bonchev–Trinajstić information content (AvgIpc) is 1.19. The van der Waals surface area contributed by atoms with Crippen LogP contribution in [0, 0.1) is 0 Å². The summed E-state index contributed by atoms with van der Waals surface area (Å²) < 4.78 is 2.59. The van der Waals surface area contributed by atoms with Crippen LogP contribution in [0.4, 0.5) is 34.1 Å². The third-order valence-electron chi connectivity index (χ3n) is 22.3. The van der Waals surface area contributed by atoms with Gasteiger partial charge in [-0.1, -0.05) is 317 Å². The number of aromatic nitrogens is 1. The molecule has 0 aliphatic carbocycles. The molecule has 2 aliphatic rings. The van der Waals surface area contributed by atoms with Crippen molar-refractivity contribution in [1.29, 1.82) is 0 Å². The number of benzene rings is 16. The summed E-state index contributed by atoms with van der Waals surface area (Å²) in [5, 5.41) is 10.4. The van der Waals surface area contributed by atoms with Crippen LogP contribution in [0.1, 0.15) is 79.0 Å². The van der Waals surface area contributed by atoms with Gasteiger partial charge in [-0.3, -0.25) is 0 Å². The minimum absolute atomic E-state index is 0.121. The quantitative estimate of drug-likeness (QED) is 0.0811. The lowest BCUT2D eigenvalue weighted by Crippen LogP contribution is -2.61. The predicted octanol–water partition coefficient (Wildman–Crippen LogP) is 25.1. The number of rotatable bonds is 9. The molecule has 0 saturated heterocycles. The average molecular weight is 1310 g/mol. The molecule has 3 nitrogen and oxygen atoms in total. The third kappa shape index (κ3) is 9.63. The van der Waals surface area contributed by atoms with Gasteiger partial charge < -0.3 is 14.4 Å². The summed E-state index contributed by atoms with van der Waals surface area (Å²) >= 11 is 0. The molecule has 4 heteroatoms. The van der Waals surface area contributed by atoms with E-state index in [1.165, 1.54) is 121 Å². The number of para-hydroxylation sites is 1. The van der Waals surface area contributed by atoms with E-state index in [-0.39, 0.29) is 23.0 Å². The predicted molar refractivity (Wildman–Crippen MR) is 438 cm³/mol. The first-order chi connectivity index (χ1) is 49.5. The van der Waals surface area contributed by atoms with Gasteiger partial charge in [0.1, 0.15) is 0 Å². The van der Waals surface area contributed by atoms with Crippen molar-refractivity contribution in [3.63, 3.8) is 0 Å². The second-order valence-electron chi connectivity index (χ2n) is 31.6. The van der Waals surface area contributed by atoms with Crippen LogP contribution in [0.15, 0.2) is 309 Å². The molecule has 1 aromatic heterocycles. The second-order valence-corrected chi connectivity index (χ2v) is 31.6. The number of anilines is 6. The molecule has 0 bridgehead atoms. The molecule has 0 N–H and O–H groups in total. The van der Waals surface area contributed by atoms with Gasteiger partial charge in [-0.15, -0.1) is 0 Å². The summed E-state index contributed by atoms with van der Waals surface area (Å²) in [6.07, 6.45) is 0. The highest BCUT2D eigenvalue weighted by molar-refractivity contribution is 7.00. The topological polar surface area (TPSA) is 11.4 Å². The van der Waals surface area contributed by atoms with Gasteiger partial charge in [-0.2, -0.15) is 0 Å². The normalized spacial score (nSPS) is 13.1. The molecule has 488 valence electrons. The highest BCUT2D eigenvalue weighted by Crippen LogP contribution is 2.56. The van der Waals surface area contributed by atoms with Gasteiger partial charge in [0.15, 0.2) is 0 Å². The van der Waals surface area contributed by atoms with Crippen molar-refractivity contribution in [3.05, 3.63) is 326 Å². The van der Waals surface area contributed by atoms with E-state index in [0.29, 0.717) is 0 Å². The van der Waals surface area contributed by atoms with Gasteiger partial charge >= 0.3 is 0 Å². The molecule has 0 fully saturated rings. The fraction of sp³-hybridized carbons (Fsp3) is 0.122. The van der Waals surface area contributed by atoms with E-state index in [4.69, 9.17) is 0 Å². The van der Waals surface area contributed by atoms with Crippen LogP contribution in [0.3, 0.4) is 0 Å². The highest BCUT2D eigenvalue weighted by atomic mass is 15.2. The van der Waals surface area contributed by atoms with E-state index in [2.05, 4.69) is 386 Å². The number of nitrogens with zero attached hydrogens (tertiary/aromatic N) is 3. The van der Waals surface area contributed by atoms with Crippen LogP contribution in [-0.2, 0) is 16.2 Å². The number of hydrogen-bond acceptors (Lipinski definition) is 2. The van der Waals surface area contributed by atoms with E-state index in [0.717, 1.165) is 73.1 Å². The molecule has 0 radical (unpaired) electrons. The van der Waals surface area contributed by atoms with Crippen molar-refractivity contribution >= 4 is 111 Å². The van der Waals surface area contributed by atoms with Crippen molar-refractivity contribution in [2.75, 3.05) is 9.80 Å². The SMILES string of the molecule is CC(C)(C)c1cccc(-c2cc(-c3ccccc3)cc(-c3cccc(C(C)(C)C)c3)c2N2c3cc(-c4ccccc4)ccc3B3c4ccc(-n5c6ccc7cccc8c9cccc%10ccc5c(c%109)c6c78)cc4N(c4c(-c5ccccc5)cccc4-c4ccccc4)c4cc(C(C)(C)C)cc2c43)c1. The molecule has 0 saturated carbocycles. The van der Waals surface area contributed by atoms with Crippen LogP contribution < -0.4 is 26.2 Å². The summed E-state index contributed by atoms with van der Waals surface area (Å²) in [6.45, 7) is 21.0. The maximum atomic E-state index is 2.74. The van der Waals surface area contributed by atoms with Crippen molar-refractivity contribution < 1.29 is 0 Å². The van der Waals surface area contributed by atoms with Crippen molar-refractivity contribution in [3.8, 4) is 72.4 Å². The molecule has 16 aromatic carbocycles. The third-order valence-corrected chi connectivity index (χ3v) is 22.3. The monoisotopic (exact) mass is 1310 g/mol. The largest absolute Gasteiger partial charge is 0.310 e. The van der Waals surface area contributed by atoms with Gasteiger partial charge in [-0.25, -0.2) is 0 Å². The first-order valence-electron chi connectivity index (χ1n) is 36.3. The Balaban J connectivity index is 0.985. The Morgan fingerprint density at radius 2 is 0.667 bits per heavy atom. The minimum atomic E-state index is -0.322. The van der Waals surface area contributed by atoms with Crippen LogP contribution in [0.5, 0.6) is 0 Å². The molecule has 0 amide bonds. The Hall–Kier alpha value is -11.7. The van der Waals surface area contributed by atoms with Crippen molar-refractivity contribution in [2.24, 2.45) is 0 Å². The zero-order valence-electron chi connectivity index (χ0n) is 59.4. The molecule has 0 atom stereocenters. The van der Waals surface area contributed by atoms with E-state index < -0.39 is 0 Å². The first-order valence-corrected chi connectivity index (χ1v) is 36.3. The summed E-state index contributed by atoms with van der Waals surface area (Å²) in [5.74, 6) is 0. The number of hydrogen-bond donors (Lipinski definition) is 0. The summed E-state index contributed by atoms with van der Waals surface area (Å²) in [6, 6.07) is 119. The van der Waals surface area contributed by atoms with Gasteiger partial charge in [0.25, 0.3) is 6.71 Å². The highest BCUT2D eigenvalue weighted by Gasteiger charge is 2.46. The molecule has 3 heterocycles. The van der Waals surface area contributed by atoms with Crippen LogP contribution >= 0.6 is 0 Å². The van der Waals surface area contributed by atoms with E-state index in [1.807, 2.05) is 0 Å².